The zero-order chi connectivity index (χ0) is 24.1. The Morgan fingerprint density at radius 3 is 2.71 bits per heavy atom. The Balaban J connectivity index is 1.58. The molecule has 1 aliphatic rings. The van der Waals surface area contributed by atoms with E-state index in [1.807, 2.05) is 0 Å². The Kier molecular flexibility index (Phi) is 7.03. The van der Waals surface area contributed by atoms with Crippen molar-refractivity contribution in [2.24, 2.45) is 0 Å². The minimum absolute atomic E-state index is 0.160. The minimum Gasteiger partial charge on any atom is -0.379 e. The molecule has 1 fully saturated rings. The molecule has 0 aliphatic carbocycles. The van der Waals surface area contributed by atoms with Crippen LogP contribution in [0.1, 0.15) is 19.7 Å². The Bertz CT molecular complexity index is 1140. The molecule has 1 amide bonds. The van der Waals surface area contributed by atoms with Crippen molar-refractivity contribution in [3.63, 3.8) is 0 Å². The molecule has 2 N–H and O–H groups in total. The third-order valence-electron chi connectivity index (χ3n) is 5.05. The highest BCUT2D eigenvalue weighted by molar-refractivity contribution is 5.89. The number of amides is 1. The fourth-order valence-corrected chi connectivity index (χ4v) is 3.37. The number of hydrogen-bond acceptors (Lipinski definition) is 9. The van der Waals surface area contributed by atoms with Crippen molar-refractivity contribution < 1.29 is 18.3 Å². The Hall–Kier alpha value is -3.58. The normalized spacial score (nSPS) is 14.7. The van der Waals surface area contributed by atoms with Crippen LogP contribution in [0.25, 0.3) is 11.3 Å². The maximum atomic E-state index is 13.7. The summed E-state index contributed by atoms with van der Waals surface area (Å²) in [7, 11) is 0. The highest BCUT2D eigenvalue weighted by Gasteiger charge is 2.28. The maximum absolute atomic E-state index is 13.7. The fourth-order valence-electron chi connectivity index (χ4n) is 3.37. The first-order valence-corrected chi connectivity index (χ1v) is 10.7. The summed E-state index contributed by atoms with van der Waals surface area (Å²) < 4.78 is 32.8. The second-order valence-corrected chi connectivity index (χ2v) is 7.85. The number of carbonyl (C=O) groups excluding carboxylic acids is 1. The van der Waals surface area contributed by atoms with Gasteiger partial charge in [-0.2, -0.15) is 23.8 Å². The van der Waals surface area contributed by atoms with Gasteiger partial charge in [-0.3, -0.25) is 9.69 Å². The van der Waals surface area contributed by atoms with Gasteiger partial charge in [0.2, 0.25) is 11.7 Å². The van der Waals surface area contributed by atoms with Crippen molar-refractivity contribution in [2.45, 2.75) is 26.3 Å². The highest BCUT2D eigenvalue weighted by Crippen LogP contribution is 2.31. The van der Waals surface area contributed by atoms with Crippen molar-refractivity contribution in [3.05, 3.63) is 36.5 Å². The number of nitrogens with zero attached hydrogens (tertiary/aromatic N) is 7. The molecule has 0 unspecified atom stereocenters. The van der Waals surface area contributed by atoms with E-state index in [2.05, 4.69) is 40.7 Å². The molecular formula is C21H25F2N9O2. The van der Waals surface area contributed by atoms with Crippen LogP contribution in [-0.4, -0.2) is 73.6 Å². The van der Waals surface area contributed by atoms with E-state index in [-0.39, 0.29) is 17.5 Å². The number of aromatic nitrogens is 6. The number of nitrogens with one attached hydrogen (secondary N) is 2. The lowest BCUT2D eigenvalue weighted by atomic mass is 10.1. The van der Waals surface area contributed by atoms with E-state index >= 15 is 0 Å². The average molecular weight is 473 g/mol. The van der Waals surface area contributed by atoms with Crippen LogP contribution in [0.2, 0.25) is 0 Å². The van der Waals surface area contributed by atoms with E-state index in [1.165, 1.54) is 25.4 Å². The lowest BCUT2D eigenvalue weighted by Crippen LogP contribution is -2.38. The number of rotatable bonds is 8. The summed E-state index contributed by atoms with van der Waals surface area (Å²) >= 11 is 0. The molecular weight excluding hydrogens is 448 g/mol. The predicted octanol–water partition coefficient (Wildman–Crippen LogP) is 2.28. The van der Waals surface area contributed by atoms with Crippen LogP contribution in [0.3, 0.4) is 0 Å². The smallest absolute Gasteiger partial charge is 0.303 e. The number of ether oxygens (including phenoxy) is 1. The maximum Gasteiger partial charge on any atom is 0.303 e. The summed E-state index contributed by atoms with van der Waals surface area (Å²) in [4.78, 5) is 27.2. The number of hydrogen-bond donors (Lipinski definition) is 2. The van der Waals surface area contributed by atoms with Crippen LogP contribution in [0.15, 0.2) is 30.7 Å². The number of morpholine rings is 1. The molecule has 13 heteroatoms. The number of halogens is 2. The summed E-state index contributed by atoms with van der Waals surface area (Å²) in [5.74, 6) is -3.65. The van der Waals surface area contributed by atoms with Crippen molar-refractivity contribution >= 4 is 23.2 Å². The Morgan fingerprint density at radius 2 is 1.97 bits per heavy atom. The zero-order valence-electron chi connectivity index (χ0n) is 18.8. The largest absolute Gasteiger partial charge is 0.379 e. The van der Waals surface area contributed by atoms with Gasteiger partial charge in [-0.05, 0) is 6.07 Å². The van der Waals surface area contributed by atoms with Gasteiger partial charge in [0.05, 0.1) is 31.6 Å². The number of carbonyl (C=O) groups is 1. The second-order valence-electron chi connectivity index (χ2n) is 7.85. The third kappa shape index (κ3) is 6.05. The molecule has 3 aromatic heterocycles. The molecule has 0 saturated carbocycles. The zero-order valence-corrected chi connectivity index (χ0v) is 18.8. The van der Waals surface area contributed by atoms with Gasteiger partial charge < -0.3 is 15.4 Å². The quantitative estimate of drug-likeness (QED) is 0.507. The molecule has 0 bridgehead atoms. The van der Waals surface area contributed by atoms with E-state index in [0.717, 1.165) is 26.6 Å². The summed E-state index contributed by atoms with van der Waals surface area (Å²) in [6.07, 6.45) is 4.38. The van der Waals surface area contributed by atoms with Crippen LogP contribution >= 0.6 is 0 Å². The van der Waals surface area contributed by atoms with Gasteiger partial charge in [-0.15, -0.1) is 0 Å². The van der Waals surface area contributed by atoms with Gasteiger partial charge in [0.1, 0.15) is 17.3 Å². The van der Waals surface area contributed by atoms with E-state index in [9.17, 15) is 13.6 Å². The van der Waals surface area contributed by atoms with Gasteiger partial charge in [0.25, 0.3) is 0 Å². The molecule has 3 aromatic rings. The van der Waals surface area contributed by atoms with Crippen molar-refractivity contribution in [1.29, 1.82) is 0 Å². The molecule has 0 aromatic carbocycles. The molecule has 34 heavy (non-hydrogen) atoms. The predicted molar refractivity (Wildman–Crippen MR) is 120 cm³/mol. The van der Waals surface area contributed by atoms with Crippen molar-refractivity contribution in [3.8, 4) is 11.3 Å². The molecule has 0 atom stereocenters. The number of anilines is 3. The molecule has 11 nitrogen and oxygen atoms in total. The SMILES string of the molecule is CC(=O)Nc1cc(Nc2ccnc(C(C)(F)F)n2)c(-c2cnn(CCN3CCOCC3)n2)cn1. The second kappa shape index (κ2) is 10.1. The van der Waals surface area contributed by atoms with Crippen LogP contribution in [-0.2, 0) is 22.0 Å². The monoisotopic (exact) mass is 473 g/mol. The van der Waals surface area contributed by atoms with E-state index < -0.39 is 11.7 Å². The van der Waals surface area contributed by atoms with Gasteiger partial charge in [0, 0.05) is 57.5 Å². The van der Waals surface area contributed by atoms with Gasteiger partial charge in [0.15, 0.2) is 0 Å². The summed E-state index contributed by atoms with van der Waals surface area (Å²) in [5, 5.41) is 14.5. The van der Waals surface area contributed by atoms with Gasteiger partial charge in [-0.25, -0.2) is 15.0 Å². The summed E-state index contributed by atoms with van der Waals surface area (Å²) in [6.45, 7) is 6.65. The van der Waals surface area contributed by atoms with Crippen molar-refractivity contribution in [2.75, 3.05) is 43.5 Å². The van der Waals surface area contributed by atoms with Gasteiger partial charge in [-0.1, -0.05) is 0 Å². The van der Waals surface area contributed by atoms with E-state index in [0.29, 0.717) is 36.7 Å². The molecule has 4 rings (SSSR count). The van der Waals surface area contributed by atoms with Gasteiger partial charge >= 0.3 is 5.92 Å². The van der Waals surface area contributed by atoms with Crippen LogP contribution in [0.4, 0.5) is 26.1 Å². The van der Waals surface area contributed by atoms with Crippen LogP contribution in [0, 0.1) is 0 Å². The molecule has 0 spiro atoms. The first kappa shape index (κ1) is 23.6. The number of pyridine rings is 1. The average Bonchev–Trinajstić information content (AvgIpc) is 3.27. The van der Waals surface area contributed by atoms with Crippen LogP contribution in [0.5, 0.6) is 0 Å². The fraction of sp³-hybridized carbons (Fsp3) is 0.429. The topological polar surface area (TPSA) is 123 Å². The third-order valence-corrected chi connectivity index (χ3v) is 5.05. The lowest BCUT2D eigenvalue weighted by molar-refractivity contribution is -0.114. The summed E-state index contributed by atoms with van der Waals surface area (Å²) in [5.41, 5.74) is 1.56. The lowest BCUT2D eigenvalue weighted by Gasteiger charge is -2.26. The molecule has 4 heterocycles. The van der Waals surface area contributed by atoms with Crippen LogP contribution < -0.4 is 10.6 Å². The van der Waals surface area contributed by atoms with E-state index in [4.69, 9.17) is 4.74 Å². The Labute approximate surface area is 194 Å². The first-order valence-electron chi connectivity index (χ1n) is 10.7. The highest BCUT2D eigenvalue weighted by atomic mass is 19.3. The Morgan fingerprint density at radius 1 is 1.18 bits per heavy atom. The number of alkyl halides is 2. The standard InChI is InChI=1S/C21H25F2N9O2/c1-14(33)27-19-11-16(28-18-3-4-24-20(29-18)21(2,22)23)15(12-25-19)17-13-26-32(30-17)6-5-31-7-9-34-10-8-31/h3-4,11-13H,5-10H2,1-2H3,(H2,24,25,27,28,29,33). The van der Waals surface area contributed by atoms with Crippen molar-refractivity contribution in [1.82, 2.24) is 34.8 Å². The van der Waals surface area contributed by atoms with E-state index in [1.54, 1.807) is 17.1 Å². The summed E-state index contributed by atoms with van der Waals surface area (Å²) in [6, 6.07) is 3.05. The first-order chi connectivity index (χ1) is 16.3. The molecule has 1 saturated heterocycles. The molecule has 180 valence electrons. The molecule has 0 radical (unpaired) electrons. The minimum atomic E-state index is -3.19. The molecule has 1 aliphatic heterocycles.